The number of likely N-dealkylation sites (tertiary alicyclic amines) is 1. The average molecular weight is 381 g/mol. The molecule has 1 aliphatic heterocycles. The Bertz CT molecular complexity index is 666. The number of nitrogens with one attached hydrogen (secondary N) is 1. The molecule has 0 atom stereocenters. The molecule has 0 unspecified atom stereocenters. The lowest BCUT2D eigenvalue weighted by Crippen LogP contribution is -2.42. The number of amides is 2. The summed E-state index contributed by atoms with van der Waals surface area (Å²) in [6, 6.07) is 4.17. The molecule has 0 spiro atoms. The van der Waals surface area contributed by atoms with Gasteiger partial charge in [0.05, 0.1) is 5.02 Å². The minimum absolute atomic E-state index is 0.00652. The zero-order chi connectivity index (χ0) is 18.7. The first-order valence-electron chi connectivity index (χ1n) is 9.48. The highest BCUT2D eigenvalue weighted by Gasteiger charge is 2.33. The van der Waals surface area contributed by atoms with Gasteiger partial charge in [-0.3, -0.25) is 9.59 Å². The fourth-order valence-electron chi connectivity index (χ4n) is 3.91. The lowest BCUT2D eigenvalue weighted by Gasteiger charge is -2.35. The third-order valence-corrected chi connectivity index (χ3v) is 6.02. The lowest BCUT2D eigenvalue weighted by atomic mass is 9.80. The van der Waals surface area contributed by atoms with Crippen LogP contribution in [0.1, 0.15) is 45.4 Å². The van der Waals surface area contributed by atoms with Crippen molar-refractivity contribution in [2.45, 2.75) is 45.4 Å². The number of piperidine rings is 1. The summed E-state index contributed by atoms with van der Waals surface area (Å²) in [5.74, 6) is 0.331. The first kappa shape index (κ1) is 19.2. The SMILES string of the molecule is CC1CCN(C(=O)C2CCC(C(=O)Nc3ccc(F)c(Cl)c3)CC2)CC1. The highest BCUT2D eigenvalue weighted by atomic mass is 35.5. The molecule has 0 bridgehead atoms. The Morgan fingerprint density at radius 1 is 1.08 bits per heavy atom. The summed E-state index contributed by atoms with van der Waals surface area (Å²) in [5.41, 5.74) is 0.502. The van der Waals surface area contributed by atoms with Gasteiger partial charge in [0, 0.05) is 30.6 Å². The fourth-order valence-corrected chi connectivity index (χ4v) is 4.09. The van der Waals surface area contributed by atoms with Crippen molar-refractivity contribution in [3.8, 4) is 0 Å². The number of anilines is 1. The number of carbonyl (C=O) groups is 2. The minimum Gasteiger partial charge on any atom is -0.342 e. The van der Waals surface area contributed by atoms with Crippen molar-refractivity contribution < 1.29 is 14.0 Å². The van der Waals surface area contributed by atoms with E-state index in [1.54, 1.807) is 0 Å². The van der Waals surface area contributed by atoms with Crippen molar-refractivity contribution in [2.24, 2.45) is 17.8 Å². The Morgan fingerprint density at radius 3 is 2.31 bits per heavy atom. The second-order valence-electron chi connectivity index (χ2n) is 7.67. The summed E-state index contributed by atoms with van der Waals surface area (Å²) in [6.45, 7) is 3.97. The van der Waals surface area contributed by atoms with E-state index < -0.39 is 5.82 Å². The van der Waals surface area contributed by atoms with E-state index in [2.05, 4.69) is 12.2 Å². The zero-order valence-electron chi connectivity index (χ0n) is 15.1. The Kier molecular flexibility index (Phi) is 6.17. The van der Waals surface area contributed by atoms with Crippen LogP contribution in [-0.2, 0) is 9.59 Å². The Hall–Kier alpha value is -1.62. The van der Waals surface area contributed by atoms with Crippen LogP contribution in [-0.4, -0.2) is 29.8 Å². The predicted octanol–water partition coefficient (Wildman–Crippen LogP) is 4.48. The Morgan fingerprint density at radius 2 is 1.69 bits per heavy atom. The van der Waals surface area contributed by atoms with E-state index in [9.17, 15) is 14.0 Å². The summed E-state index contributed by atoms with van der Waals surface area (Å²) < 4.78 is 13.2. The molecular formula is C20H26ClFN2O2. The highest BCUT2D eigenvalue weighted by Crippen LogP contribution is 2.32. The van der Waals surface area contributed by atoms with Crippen LogP contribution in [0.4, 0.5) is 10.1 Å². The topological polar surface area (TPSA) is 49.4 Å². The molecular weight excluding hydrogens is 355 g/mol. The van der Waals surface area contributed by atoms with E-state index >= 15 is 0 Å². The molecule has 6 heteroatoms. The van der Waals surface area contributed by atoms with Crippen LogP contribution < -0.4 is 5.32 Å². The van der Waals surface area contributed by atoms with Crippen LogP contribution in [0.15, 0.2) is 18.2 Å². The molecule has 142 valence electrons. The maximum atomic E-state index is 13.2. The van der Waals surface area contributed by atoms with Gasteiger partial charge >= 0.3 is 0 Å². The van der Waals surface area contributed by atoms with Gasteiger partial charge in [-0.1, -0.05) is 18.5 Å². The van der Waals surface area contributed by atoms with Crippen LogP contribution >= 0.6 is 11.6 Å². The third-order valence-electron chi connectivity index (χ3n) is 5.73. The molecule has 2 aliphatic rings. The monoisotopic (exact) mass is 380 g/mol. The number of halogens is 2. The molecule has 3 rings (SSSR count). The van der Waals surface area contributed by atoms with Crippen molar-refractivity contribution in [1.82, 2.24) is 4.90 Å². The van der Waals surface area contributed by atoms with Gasteiger partial charge in [0.2, 0.25) is 11.8 Å². The number of hydrogen-bond donors (Lipinski definition) is 1. The second-order valence-corrected chi connectivity index (χ2v) is 8.08. The summed E-state index contributed by atoms with van der Waals surface area (Å²) in [5, 5.41) is 2.80. The molecule has 1 saturated carbocycles. The van der Waals surface area contributed by atoms with E-state index in [0.29, 0.717) is 24.4 Å². The highest BCUT2D eigenvalue weighted by molar-refractivity contribution is 6.31. The summed E-state index contributed by atoms with van der Waals surface area (Å²) >= 11 is 5.75. The zero-order valence-corrected chi connectivity index (χ0v) is 15.9. The Balaban J connectivity index is 1.49. The number of carbonyl (C=O) groups excluding carboxylic acids is 2. The van der Waals surface area contributed by atoms with Crippen LogP contribution in [0.25, 0.3) is 0 Å². The number of hydrogen-bond acceptors (Lipinski definition) is 2. The molecule has 2 fully saturated rings. The van der Waals surface area contributed by atoms with Crippen LogP contribution in [0, 0.1) is 23.6 Å². The van der Waals surface area contributed by atoms with Crippen LogP contribution in [0.2, 0.25) is 5.02 Å². The van der Waals surface area contributed by atoms with E-state index in [1.165, 1.54) is 18.2 Å². The summed E-state index contributed by atoms with van der Waals surface area (Å²) in [7, 11) is 0. The normalized spacial score (nSPS) is 24.3. The lowest BCUT2D eigenvalue weighted by molar-refractivity contribution is -0.139. The third kappa shape index (κ3) is 4.56. The summed E-state index contributed by atoms with van der Waals surface area (Å²) in [6.07, 6.45) is 5.11. The standard InChI is InChI=1S/C20H26ClFN2O2/c1-13-8-10-24(11-9-13)20(26)15-4-2-14(3-5-15)19(25)23-16-6-7-18(22)17(21)12-16/h6-7,12-15H,2-5,8-11H2,1H3,(H,23,25). The Labute approximate surface area is 159 Å². The van der Waals surface area contributed by atoms with Gasteiger partial charge in [0.15, 0.2) is 0 Å². The van der Waals surface area contributed by atoms with Crippen molar-refractivity contribution in [3.05, 3.63) is 29.0 Å². The first-order chi connectivity index (χ1) is 12.4. The molecule has 1 aliphatic carbocycles. The maximum absolute atomic E-state index is 13.2. The second kappa shape index (κ2) is 8.38. The van der Waals surface area contributed by atoms with Gasteiger partial charge in [-0.05, 0) is 62.6 Å². The molecule has 1 aromatic rings. The van der Waals surface area contributed by atoms with E-state index in [4.69, 9.17) is 11.6 Å². The number of benzene rings is 1. The van der Waals surface area contributed by atoms with Gasteiger partial charge < -0.3 is 10.2 Å². The molecule has 1 aromatic carbocycles. The molecule has 2 amide bonds. The van der Waals surface area contributed by atoms with Gasteiger partial charge in [-0.25, -0.2) is 4.39 Å². The fraction of sp³-hybridized carbons (Fsp3) is 0.600. The van der Waals surface area contributed by atoms with Crippen molar-refractivity contribution in [2.75, 3.05) is 18.4 Å². The van der Waals surface area contributed by atoms with E-state index in [1.807, 2.05) is 4.90 Å². The van der Waals surface area contributed by atoms with E-state index in [0.717, 1.165) is 38.8 Å². The molecule has 4 nitrogen and oxygen atoms in total. The van der Waals surface area contributed by atoms with Gasteiger partial charge in [0.1, 0.15) is 5.82 Å². The van der Waals surface area contributed by atoms with Crippen LogP contribution in [0.5, 0.6) is 0 Å². The van der Waals surface area contributed by atoms with E-state index in [-0.39, 0.29) is 28.7 Å². The summed E-state index contributed by atoms with van der Waals surface area (Å²) in [4.78, 5) is 27.1. The molecule has 26 heavy (non-hydrogen) atoms. The number of rotatable bonds is 3. The van der Waals surface area contributed by atoms with Gasteiger partial charge in [0.25, 0.3) is 0 Å². The first-order valence-corrected chi connectivity index (χ1v) is 9.86. The molecule has 0 radical (unpaired) electrons. The van der Waals surface area contributed by atoms with Gasteiger partial charge in [-0.2, -0.15) is 0 Å². The van der Waals surface area contributed by atoms with Crippen LogP contribution in [0.3, 0.4) is 0 Å². The maximum Gasteiger partial charge on any atom is 0.227 e. The average Bonchev–Trinajstić information content (AvgIpc) is 2.65. The van der Waals surface area contributed by atoms with Gasteiger partial charge in [-0.15, -0.1) is 0 Å². The molecule has 1 saturated heterocycles. The quantitative estimate of drug-likeness (QED) is 0.840. The molecule has 1 heterocycles. The molecule has 0 aromatic heterocycles. The van der Waals surface area contributed by atoms with Crippen molar-refractivity contribution in [3.63, 3.8) is 0 Å². The van der Waals surface area contributed by atoms with Crippen molar-refractivity contribution >= 4 is 29.1 Å². The smallest absolute Gasteiger partial charge is 0.227 e. The predicted molar refractivity (Wildman–Crippen MR) is 100 cm³/mol. The van der Waals surface area contributed by atoms with Crippen molar-refractivity contribution in [1.29, 1.82) is 0 Å². The number of nitrogens with zero attached hydrogens (tertiary/aromatic N) is 1. The molecule has 1 N–H and O–H groups in total. The minimum atomic E-state index is -0.504. The largest absolute Gasteiger partial charge is 0.342 e.